The van der Waals surface area contributed by atoms with Gasteiger partial charge in [0.1, 0.15) is 4.90 Å². The number of piperazine rings is 1. The molecule has 1 heterocycles. The fraction of sp³-hybridized carbons (Fsp3) is 0.500. The highest BCUT2D eigenvalue weighted by molar-refractivity contribution is 7.89. The summed E-state index contributed by atoms with van der Waals surface area (Å²) in [6, 6.07) is 0.863. The first-order chi connectivity index (χ1) is 9.25. The van der Waals surface area contributed by atoms with Crippen LogP contribution >= 0.6 is 12.4 Å². The predicted molar refractivity (Wildman–Crippen MR) is 74.4 cm³/mol. The van der Waals surface area contributed by atoms with E-state index >= 15 is 0 Å². The summed E-state index contributed by atoms with van der Waals surface area (Å²) >= 11 is 0. The molecule has 1 aliphatic heterocycles. The number of nitrogens with one attached hydrogen (secondary N) is 1. The molecule has 2 unspecified atom stereocenters. The van der Waals surface area contributed by atoms with Crippen molar-refractivity contribution in [1.29, 1.82) is 0 Å². The van der Waals surface area contributed by atoms with E-state index in [0.717, 1.165) is 10.4 Å². The lowest BCUT2D eigenvalue weighted by atomic mass is 10.2. The molecule has 2 rings (SSSR count). The van der Waals surface area contributed by atoms with Crippen molar-refractivity contribution in [1.82, 2.24) is 9.62 Å². The number of halogens is 4. The first-order valence-electron chi connectivity index (χ1n) is 6.14. The molecule has 0 spiro atoms. The summed E-state index contributed by atoms with van der Waals surface area (Å²) in [5.74, 6) is -4.87. The van der Waals surface area contributed by atoms with Gasteiger partial charge in [0.15, 0.2) is 17.5 Å². The van der Waals surface area contributed by atoms with Crippen molar-refractivity contribution in [2.75, 3.05) is 13.1 Å². The van der Waals surface area contributed by atoms with E-state index in [9.17, 15) is 21.6 Å². The average Bonchev–Trinajstić information content (AvgIpc) is 2.38. The molecule has 1 N–H and O–H groups in total. The van der Waals surface area contributed by atoms with Crippen molar-refractivity contribution in [2.24, 2.45) is 0 Å². The number of sulfonamides is 1. The molecular weight excluding hydrogens is 329 g/mol. The van der Waals surface area contributed by atoms with Crippen molar-refractivity contribution < 1.29 is 21.6 Å². The molecule has 0 amide bonds. The lowest BCUT2D eigenvalue weighted by Crippen LogP contribution is -2.56. The highest BCUT2D eigenvalue weighted by Crippen LogP contribution is 2.25. The van der Waals surface area contributed by atoms with Gasteiger partial charge in [0.2, 0.25) is 10.0 Å². The lowest BCUT2D eigenvalue weighted by molar-refractivity contribution is 0.243. The molecule has 1 saturated heterocycles. The first-order valence-corrected chi connectivity index (χ1v) is 7.58. The van der Waals surface area contributed by atoms with Crippen LogP contribution in [0.4, 0.5) is 13.2 Å². The number of hydrogen-bond donors (Lipinski definition) is 1. The standard InChI is InChI=1S/C12H15F3N2O2S.ClH/c1-7-6-17(8(2)5-16-7)20(18,19)10-4-3-9(13)11(14)12(10)15;/h3-4,7-8,16H,5-6H2,1-2H3;1H. The summed E-state index contributed by atoms with van der Waals surface area (Å²) in [5.41, 5.74) is 0. The Morgan fingerprint density at radius 2 is 1.81 bits per heavy atom. The average molecular weight is 345 g/mol. The van der Waals surface area contributed by atoms with Gasteiger partial charge >= 0.3 is 0 Å². The molecule has 2 atom stereocenters. The SMILES string of the molecule is CC1CN(S(=O)(=O)c2ccc(F)c(F)c2F)C(C)CN1.Cl. The second-order valence-electron chi connectivity index (χ2n) is 4.91. The minimum Gasteiger partial charge on any atom is -0.311 e. The van der Waals surface area contributed by atoms with E-state index in [0.29, 0.717) is 12.6 Å². The van der Waals surface area contributed by atoms with Gasteiger partial charge in [0.25, 0.3) is 0 Å². The highest BCUT2D eigenvalue weighted by atomic mass is 35.5. The number of benzene rings is 1. The Hall–Kier alpha value is -0.830. The van der Waals surface area contributed by atoms with Gasteiger partial charge in [0.05, 0.1) is 0 Å². The molecular formula is C12H16ClF3N2O2S. The van der Waals surface area contributed by atoms with E-state index in [4.69, 9.17) is 0 Å². The van der Waals surface area contributed by atoms with Crippen LogP contribution in [-0.4, -0.2) is 37.9 Å². The maximum Gasteiger partial charge on any atom is 0.246 e. The van der Waals surface area contributed by atoms with Crippen molar-refractivity contribution in [3.05, 3.63) is 29.6 Å². The van der Waals surface area contributed by atoms with Crippen molar-refractivity contribution in [2.45, 2.75) is 30.8 Å². The van der Waals surface area contributed by atoms with Crippen LogP contribution < -0.4 is 5.32 Å². The molecule has 1 aromatic rings. The van der Waals surface area contributed by atoms with Crippen LogP contribution in [0.25, 0.3) is 0 Å². The zero-order chi connectivity index (χ0) is 15.1. The Labute approximate surface area is 127 Å². The molecule has 0 radical (unpaired) electrons. The van der Waals surface area contributed by atoms with Gasteiger partial charge in [0, 0.05) is 25.2 Å². The maximum absolute atomic E-state index is 13.7. The molecule has 1 fully saturated rings. The minimum atomic E-state index is -4.20. The van der Waals surface area contributed by atoms with Gasteiger partial charge in [-0.05, 0) is 26.0 Å². The summed E-state index contributed by atoms with van der Waals surface area (Å²) in [5, 5.41) is 3.09. The van der Waals surface area contributed by atoms with E-state index in [-0.39, 0.29) is 25.0 Å². The second-order valence-corrected chi connectivity index (χ2v) is 6.77. The van der Waals surface area contributed by atoms with Crippen LogP contribution in [0.2, 0.25) is 0 Å². The van der Waals surface area contributed by atoms with Crippen LogP contribution in [0.15, 0.2) is 17.0 Å². The molecule has 120 valence electrons. The molecule has 0 bridgehead atoms. The summed E-state index contributed by atoms with van der Waals surface area (Å²) < 4.78 is 65.7. The zero-order valence-electron chi connectivity index (χ0n) is 11.4. The Bertz CT molecular complexity index is 627. The Balaban J connectivity index is 0.00000220. The molecule has 1 aromatic carbocycles. The van der Waals surface area contributed by atoms with Gasteiger partial charge in [-0.25, -0.2) is 21.6 Å². The van der Waals surface area contributed by atoms with Gasteiger partial charge in [-0.1, -0.05) is 0 Å². The van der Waals surface area contributed by atoms with Crippen molar-refractivity contribution in [3.8, 4) is 0 Å². The third-order valence-electron chi connectivity index (χ3n) is 3.29. The van der Waals surface area contributed by atoms with Crippen LogP contribution in [0.5, 0.6) is 0 Å². The van der Waals surface area contributed by atoms with Crippen LogP contribution in [0.1, 0.15) is 13.8 Å². The topological polar surface area (TPSA) is 49.4 Å². The molecule has 0 aliphatic carbocycles. The van der Waals surface area contributed by atoms with Gasteiger partial charge < -0.3 is 5.32 Å². The fourth-order valence-corrected chi connectivity index (χ4v) is 3.93. The molecule has 4 nitrogen and oxygen atoms in total. The fourth-order valence-electron chi connectivity index (χ4n) is 2.16. The first kappa shape index (κ1) is 18.2. The maximum atomic E-state index is 13.7. The number of rotatable bonds is 2. The third kappa shape index (κ3) is 3.33. The number of nitrogens with zero attached hydrogens (tertiary/aromatic N) is 1. The molecule has 0 aromatic heterocycles. The van der Waals surface area contributed by atoms with E-state index in [2.05, 4.69) is 5.32 Å². The summed E-state index contributed by atoms with van der Waals surface area (Å²) in [4.78, 5) is -0.836. The monoisotopic (exact) mass is 344 g/mol. The highest BCUT2D eigenvalue weighted by Gasteiger charge is 2.36. The quantitative estimate of drug-likeness (QED) is 0.834. The summed E-state index contributed by atoms with van der Waals surface area (Å²) in [7, 11) is -4.20. The zero-order valence-corrected chi connectivity index (χ0v) is 13.1. The molecule has 0 saturated carbocycles. The van der Waals surface area contributed by atoms with Crippen LogP contribution in [-0.2, 0) is 10.0 Å². The molecule has 1 aliphatic rings. The van der Waals surface area contributed by atoms with Gasteiger partial charge in [-0.2, -0.15) is 4.31 Å². The molecule has 9 heteroatoms. The van der Waals surface area contributed by atoms with E-state index in [1.54, 1.807) is 13.8 Å². The van der Waals surface area contributed by atoms with Crippen molar-refractivity contribution in [3.63, 3.8) is 0 Å². The largest absolute Gasteiger partial charge is 0.311 e. The second kappa shape index (κ2) is 6.51. The Kier molecular flexibility index (Phi) is 5.65. The minimum absolute atomic E-state index is 0. The number of hydrogen-bond acceptors (Lipinski definition) is 3. The predicted octanol–water partition coefficient (Wildman–Crippen LogP) is 1.90. The van der Waals surface area contributed by atoms with Gasteiger partial charge in [-0.15, -0.1) is 12.4 Å². The van der Waals surface area contributed by atoms with Crippen molar-refractivity contribution >= 4 is 22.4 Å². The summed E-state index contributed by atoms with van der Waals surface area (Å²) in [6.07, 6.45) is 0. The van der Waals surface area contributed by atoms with Crippen LogP contribution in [0.3, 0.4) is 0 Å². The Morgan fingerprint density at radius 1 is 1.19 bits per heavy atom. The van der Waals surface area contributed by atoms with E-state index in [1.807, 2.05) is 0 Å². The Morgan fingerprint density at radius 3 is 2.43 bits per heavy atom. The smallest absolute Gasteiger partial charge is 0.246 e. The summed E-state index contributed by atoms with van der Waals surface area (Å²) in [6.45, 7) is 4.00. The van der Waals surface area contributed by atoms with E-state index in [1.165, 1.54) is 0 Å². The third-order valence-corrected chi connectivity index (χ3v) is 5.29. The van der Waals surface area contributed by atoms with Gasteiger partial charge in [-0.3, -0.25) is 0 Å². The normalized spacial score (nSPS) is 23.7. The van der Waals surface area contributed by atoms with Crippen LogP contribution in [0, 0.1) is 17.5 Å². The molecule has 21 heavy (non-hydrogen) atoms. The van der Waals surface area contributed by atoms with E-state index < -0.39 is 38.4 Å². The lowest BCUT2D eigenvalue weighted by Gasteiger charge is -2.36.